The van der Waals surface area contributed by atoms with Crippen LogP contribution in [0.25, 0.3) is 0 Å². The van der Waals surface area contributed by atoms with Gasteiger partial charge in [0.15, 0.2) is 0 Å². The summed E-state index contributed by atoms with van der Waals surface area (Å²) in [5.41, 5.74) is 1.03. The van der Waals surface area contributed by atoms with Crippen molar-refractivity contribution in [1.82, 2.24) is 4.57 Å². The minimum atomic E-state index is -4.02. The first-order chi connectivity index (χ1) is 12.4. The van der Waals surface area contributed by atoms with E-state index in [9.17, 15) is 13.0 Å². The van der Waals surface area contributed by atoms with Crippen LogP contribution in [0.5, 0.6) is 0 Å². The van der Waals surface area contributed by atoms with Crippen LogP contribution in [0.1, 0.15) is 47.1 Å². The van der Waals surface area contributed by atoms with E-state index in [0.717, 1.165) is 5.56 Å². The third kappa shape index (κ3) is 7.19. The van der Waals surface area contributed by atoms with E-state index in [1.54, 1.807) is 12.1 Å². The highest BCUT2D eigenvalue weighted by Crippen LogP contribution is 2.54. The first kappa shape index (κ1) is 24.6. The SMILES string of the molecule is CC(C)(C)n1cc[n+](C[P@@](C)(=O)C(C)(C)C)c1.Cc1ccc(S(=O)(=O)O)cc1. The summed E-state index contributed by atoms with van der Waals surface area (Å²) in [5, 5.41) is -0.135. The lowest BCUT2D eigenvalue weighted by Gasteiger charge is -2.26. The highest BCUT2D eigenvalue weighted by molar-refractivity contribution is 7.85. The van der Waals surface area contributed by atoms with Gasteiger partial charge in [0.2, 0.25) is 6.33 Å². The van der Waals surface area contributed by atoms with Crippen LogP contribution in [-0.2, 0) is 26.5 Å². The first-order valence-electron chi connectivity index (χ1n) is 9.12. The summed E-state index contributed by atoms with van der Waals surface area (Å²) in [5.74, 6) is 0. The topological polar surface area (TPSA) is 80.2 Å². The summed E-state index contributed by atoms with van der Waals surface area (Å²) >= 11 is 0. The van der Waals surface area contributed by atoms with E-state index in [1.165, 1.54) is 12.1 Å². The number of aryl methyl sites for hydroxylation is 1. The van der Waals surface area contributed by atoms with Crippen LogP contribution in [0.4, 0.5) is 0 Å². The molecule has 0 unspecified atom stereocenters. The van der Waals surface area contributed by atoms with Crippen molar-refractivity contribution in [1.29, 1.82) is 0 Å². The van der Waals surface area contributed by atoms with Crippen molar-refractivity contribution >= 4 is 17.3 Å². The number of aromatic nitrogens is 2. The molecule has 8 heteroatoms. The maximum Gasteiger partial charge on any atom is 0.294 e. The molecule has 2 aromatic rings. The van der Waals surface area contributed by atoms with Crippen molar-refractivity contribution in [3.05, 3.63) is 48.5 Å². The molecule has 0 aliphatic carbocycles. The Balaban J connectivity index is 0.000000307. The van der Waals surface area contributed by atoms with Gasteiger partial charge in [0.05, 0.1) is 4.90 Å². The average Bonchev–Trinajstić information content (AvgIpc) is 2.94. The number of benzene rings is 1. The molecule has 0 spiro atoms. The molecule has 158 valence electrons. The largest absolute Gasteiger partial charge is 0.319 e. The van der Waals surface area contributed by atoms with E-state index in [2.05, 4.69) is 46.1 Å². The Morgan fingerprint density at radius 2 is 1.57 bits per heavy atom. The summed E-state index contributed by atoms with van der Waals surface area (Å²) in [4.78, 5) is -0.0666. The number of imidazole rings is 1. The normalized spacial score (nSPS) is 14.8. The van der Waals surface area contributed by atoms with Crippen LogP contribution in [0.15, 0.2) is 47.9 Å². The molecule has 0 saturated heterocycles. The van der Waals surface area contributed by atoms with Gasteiger partial charge in [0.1, 0.15) is 31.4 Å². The van der Waals surface area contributed by atoms with Gasteiger partial charge >= 0.3 is 0 Å². The lowest BCUT2D eigenvalue weighted by molar-refractivity contribution is -0.678. The molecule has 0 radical (unpaired) electrons. The minimum Gasteiger partial charge on any atom is -0.319 e. The Morgan fingerprint density at radius 1 is 1.07 bits per heavy atom. The predicted octanol–water partition coefficient (Wildman–Crippen LogP) is 4.52. The molecule has 0 aliphatic heterocycles. The van der Waals surface area contributed by atoms with Crippen molar-refractivity contribution in [2.45, 2.75) is 70.3 Å². The Bertz CT molecular complexity index is 934. The number of hydrogen-bond donors (Lipinski definition) is 1. The summed E-state index contributed by atoms with van der Waals surface area (Å²) in [6, 6.07) is 5.99. The van der Waals surface area contributed by atoms with Crippen LogP contribution in [0.3, 0.4) is 0 Å². The van der Waals surface area contributed by atoms with Crippen molar-refractivity contribution in [3.8, 4) is 0 Å². The molecule has 1 heterocycles. The van der Waals surface area contributed by atoms with E-state index >= 15 is 0 Å². The summed E-state index contributed by atoms with van der Waals surface area (Å²) in [7, 11) is -6.21. The van der Waals surface area contributed by atoms with Gasteiger partial charge in [-0.1, -0.05) is 38.5 Å². The second kappa shape index (κ2) is 8.52. The maximum atomic E-state index is 12.6. The van der Waals surface area contributed by atoms with E-state index in [1.807, 2.05) is 36.9 Å². The molecule has 2 rings (SSSR count). The maximum absolute atomic E-state index is 12.6. The molecule has 0 aliphatic rings. The Hall–Kier alpha value is -1.43. The number of hydrogen-bond acceptors (Lipinski definition) is 3. The molecule has 0 saturated carbocycles. The second-order valence-electron chi connectivity index (χ2n) is 9.21. The van der Waals surface area contributed by atoms with Crippen LogP contribution in [0.2, 0.25) is 0 Å². The first-order valence-corrected chi connectivity index (χ1v) is 12.9. The highest BCUT2D eigenvalue weighted by atomic mass is 32.2. The van der Waals surface area contributed by atoms with E-state index < -0.39 is 17.3 Å². The third-order valence-electron chi connectivity index (χ3n) is 4.64. The van der Waals surface area contributed by atoms with Crippen molar-refractivity contribution in [3.63, 3.8) is 0 Å². The van der Waals surface area contributed by atoms with Gasteiger partial charge in [-0.15, -0.1) is 0 Å². The van der Waals surface area contributed by atoms with Crippen molar-refractivity contribution in [2.24, 2.45) is 0 Å². The molecule has 1 aromatic heterocycles. The zero-order chi connectivity index (χ0) is 22.0. The fraction of sp³-hybridized carbons (Fsp3) is 0.550. The van der Waals surface area contributed by atoms with Crippen molar-refractivity contribution < 1.29 is 22.1 Å². The third-order valence-corrected chi connectivity index (χ3v) is 9.21. The molecule has 1 N–H and O–H groups in total. The van der Waals surface area contributed by atoms with Crippen LogP contribution >= 0.6 is 7.14 Å². The van der Waals surface area contributed by atoms with Gasteiger partial charge in [0, 0.05) is 5.16 Å². The summed E-state index contributed by atoms with van der Waals surface area (Å²) in [6.07, 6.45) is 6.71. The minimum absolute atomic E-state index is 0.0666. The zero-order valence-corrected chi connectivity index (χ0v) is 19.9. The highest BCUT2D eigenvalue weighted by Gasteiger charge is 2.34. The van der Waals surface area contributed by atoms with Gasteiger partial charge in [-0.25, -0.2) is 9.13 Å². The Kier molecular flexibility index (Phi) is 7.49. The summed E-state index contributed by atoms with van der Waals surface area (Å²) in [6.45, 7) is 16.4. The fourth-order valence-electron chi connectivity index (χ4n) is 2.11. The van der Waals surface area contributed by atoms with Crippen molar-refractivity contribution in [2.75, 3.05) is 6.66 Å². The van der Waals surface area contributed by atoms with Gasteiger partial charge in [-0.3, -0.25) is 4.55 Å². The zero-order valence-electron chi connectivity index (χ0n) is 18.2. The Labute approximate surface area is 169 Å². The quantitative estimate of drug-likeness (QED) is 0.442. The van der Waals surface area contributed by atoms with E-state index in [-0.39, 0.29) is 15.6 Å². The van der Waals surface area contributed by atoms with Gasteiger partial charge in [0.25, 0.3) is 10.1 Å². The molecule has 28 heavy (non-hydrogen) atoms. The standard InChI is InChI=1S/C13H26N2OP.C7H8O3S/c1-12(2,3)15-9-8-14(10-15)11-17(7,16)13(4,5)6;1-6-2-4-7(5-3-6)11(8,9)10/h8-10H,11H2,1-7H3;2-5H,1H3,(H,8,9,10)/q+1;/t17-;/m1./s1. The fourth-order valence-corrected chi connectivity index (χ4v) is 3.80. The van der Waals surface area contributed by atoms with E-state index in [4.69, 9.17) is 4.55 Å². The van der Waals surface area contributed by atoms with Crippen LogP contribution in [-0.4, -0.2) is 29.4 Å². The number of rotatable bonds is 3. The summed E-state index contributed by atoms with van der Waals surface area (Å²) < 4.78 is 46.4. The average molecular weight is 430 g/mol. The predicted molar refractivity (Wildman–Crippen MR) is 114 cm³/mol. The molecule has 0 fully saturated rings. The molecule has 1 atom stereocenters. The van der Waals surface area contributed by atoms with Gasteiger partial charge < -0.3 is 4.57 Å². The van der Waals surface area contributed by atoms with Gasteiger partial charge in [-0.2, -0.15) is 8.42 Å². The second-order valence-corrected chi connectivity index (χ2v) is 14.5. The molecule has 1 aromatic carbocycles. The molecular weight excluding hydrogens is 395 g/mol. The lowest BCUT2D eigenvalue weighted by atomic mass is 10.1. The number of nitrogens with zero attached hydrogens (tertiary/aromatic N) is 2. The molecular formula is C20H34N2O4PS+. The molecule has 6 nitrogen and oxygen atoms in total. The van der Waals surface area contributed by atoms with Gasteiger partial charge in [-0.05, 0) is 46.5 Å². The van der Waals surface area contributed by atoms with Crippen LogP contribution in [0, 0.1) is 6.92 Å². The lowest BCUT2D eigenvalue weighted by Crippen LogP contribution is -2.35. The molecule has 0 amide bonds. The molecule has 0 bridgehead atoms. The van der Waals surface area contributed by atoms with Crippen LogP contribution < -0.4 is 4.57 Å². The van der Waals surface area contributed by atoms with E-state index in [0.29, 0.717) is 6.29 Å². The Morgan fingerprint density at radius 3 is 1.93 bits per heavy atom. The smallest absolute Gasteiger partial charge is 0.294 e. The monoisotopic (exact) mass is 429 g/mol.